The molecule has 3 aromatic carbocycles. The van der Waals surface area contributed by atoms with E-state index in [9.17, 15) is 9.59 Å². The van der Waals surface area contributed by atoms with Crippen LogP contribution in [0.1, 0.15) is 23.6 Å². The quantitative estimate of drug-likeness (QED) is 0.427. The molecular weight excluding hydrogens is 467 g/mol. The molecule has 3 aromatic rings. The highest BCUT2D eigenvalue weighted by Gasteiger charge is 2.26. The van der Waals surface area contributed by atoms with Crippen molar-refractivity contribution in [2.45, 2.75) is 32.5 Å². The smallest absolute Gasteiger partial charge is 0.242 e. The van der Waals surface area contributed by atoms with Gasteiger partial charge < -0.3 is 10.2 Å². The third-order valence-electron chi connectivity index (χ3n) is 5.10. The van der Waals surface area contributed by atoms with Crippen molar-refractivity contribution < 1.29 is 9.59 Å². The predicted octanol–water partition coefficient (Wildman–Crippen LogP) is 5.92. The molecule has 0 aliphatic carbocycles. The Morgan fingerprint density at radius 3 is 2.19 bits per heavy atom. The Bertz CT molecular complexity index is 1070. The van der Waals surface area contributed by atoms with Crippen LogP contribution in [0.3, 0.4) is 0 Å². The van der Waals surface area contributed by atoms with E-state index in [0.717, 1.165) is 16.7 Å². The SMILES string of the molecule is CC(C(=O)NCc1ccc(Cl)cc1Cl)N(Cc1ccc(Cl)cc1)C(=O)Cc1ccccc1. The number of carbonyl (C=O) groups is 2. The van der Waals surface area contributed by atoms with Gasteiger partial charge in [0.1, 0.15) is 6.04 Å². The molecule has 0 fully saturated rings. The summed E-state index contributed by atoms with van der Waals surface area (Å²) in [5, 5.41) is 4.49. The fraction of sp³-hybridized carbons (Fsp3) is 0.200. The zero-order valence-electron chi connectivity index (χ0n) is 17.5. The second kappa shape index (κ2) is 11.4. The van der Waals surface area contributed by atoms with Gasteiger partial charge in [-0.1, -0.05) is 83.3 Å². The van der Waals surface area contributed by atoms with Crippen molar-refractivity contribution in [3.05, 3.63) is 105 Å². The molecule has 1 N–H and O–H groups in total. The zero-order chi connectivity index (χ0) is 23.1. The summed E-state index contributed by atoms with van der Waals surface area (Å²) in [6.45, 7) is 2.25. The van der Waals surface area contributed by atoms with Gasteiger partial charge in [-0.2, -0.15) is 0 Å². The number of nitrogens with zero attached hydrogens (tertiary/aromatic N) is 1. The van der Waals surface area contributed by atoms with Gasteiger partial charge >= 0.3 is 0 Å². The lowest BCUT2D eigenvalue weighted by molar-refractivity contribution is -0.140. The molecule has 0 aliphatic heterocycles. The lowest BCUT2D eigenvalue weighted by Crippen LogP contribution is -2.48. The van der Waals surface area contributed by atoms with Crippen molar-refractivity contribution in [2.24, 2.45) is 0 Å². The maximum atomic E-state index is 13.2. The van der Waals surface area contributed by atoms with E-state index >= 15 is 0 Å². The fourth-order valence-electron chi connectivity index (χ4n) is 3.24. The number of nitrogens with one attached hydrogen (secondary N) is 1. The van der Waals surface area contributed by atoms with Gasteiger partial charge in [0.15, 0.2) is 0 Å². The molecule has 4 nitrogen and oxygen atoms in total. The minimum absolute atomic E-state index is 0.140. The second-order valence-corrected chi connectivity index (χ2v) is 8.72. The highest BCUT2D eigenvalue weighted by molar-refractivity contribution is 6.35. The van der Waals surface area contributed by atoms with Gasteiger partial charge in [-0.05, 0) is 47.9 Å². The van der Waals surface area contributed by atoms with Crippen LogP contribution in [0.15, 0.2) is 72.8 Å². The van der Waals surface area contributed by atoms with E-state index in [-0.39, 0.29) is 24.8 Å². The average molecular weight is 490 g/mol. The standard InChI is InChI=1S/C25H23Cl3N2O2/c1-17(25(32)29-15-20-9-12-22(27)14-23(20)28)30(16-19-7-10-21(26)11-8-19)24(31)13-18-5-3-2-4-6-18/h2-12,14,17H,13,15-16H2,1H3,(H,29,32). The molecule has 0 aromatic heterocycles. The number of hydrogen-bond donors (Lipinski definition) is 1. The normalized spacial score (nSPS) is 11.6. The van der Waals surface area contributed by atoms with Gasteiger partial charge in [0.25, 0.3) is 0 Å². The maximum Gasteiger partial charge on any atom is 0.242 e. The van der Waals surface area contributed by atoms with Crippen molar-refractivity contribution >= 4 is 46.6 Å². The van der Waals surface area contributed by atoms with Crippen molar-refractivity contribution in [2.75, 3.05) is 0 Å². The molecule has 0 bridgehead atoms. The van der Waals surface area contributed by atoms with Crippen molar-refractivity contribution in [3.8, 4) is 0 Å². The fourth-order valence-corrected chi connectivity index (χ4v) is 3.84. The highest BCUT2D eigenvalue weighted by atomic mass is 35.5. The summed E-state index contributed by atoms with van der Waals surface area (Å²) < 4.78 is 0. The third-order valence-corrected chi connectivity index (χ3v) is 5.94. The van der Waals surface area contributed by atoms with E-state index in [1.54, 1.807) is 42.2 Å². The first-order chi connectivity index (χ1) is 15.3. The Labute approximate surface area is 203 Å². The van der Waals surface area contributed by atoms with Gasteiger partial charge in [-0.15, -0.1) is 0 Å². The summed E-state index contributed by atoms with van der Waals surface area (Å²) in [5.74, 6) is -0.412. The molecular formula is C25H23Cl3N2O2. The first-order valence-corrected chi connectivity index (χ1v) is 11.3. The summed E-state index contributed by atoms with van der Waals surface area (Å²) in [7, 11) is 0. The third kappa shape index (κ3) is 6.73. The van der Waals surface area contributed by atoms with Crippen LogP contribution >= 0.6 is 34.8 Å². The lowest BCUT2D eigenvalue weighted by Gasteiger charge is -2.29. The van der Waals surface area contributed by atoms with E-state index in [0.29, 0.717) is 21.6 Å². The minimum Gasteiger partial charge on any atom is -0.350 e. The van der Waals surface area contributed by atoms with Crippen LogP contribution in [-0.2, 0) is 29.1 Å². The molecule has 0 spiro atoms. The van der Waals surface area contributed by atoms with Gasteiger partial charge in [0.05, 0.1) is 6.42 Å². The number of halogens is 3. The van der Waals surface area contributed by atoms with Crippen LogP contribution in [0.25, 0.3) is 0 Å². The average Bonchev–Trinajstić information content (AvgIpc) is 2.78. The molecule has 1 unspecified atom stereocenters. The molecule has 0 saturated heterocycles. The number of benzene rings is 3. The molecule has 2 amide bonds. The summed E-state index contributed by atoms with van der Waals surface area (Å²) in [6, 6.07) is 21.1. The van der Waals surface area contributed by atoms with Crippen LogP contribution in [0.5, 0.6) is 0 Å². The first kappa shape index (κ1) is 24.1. The predicted molar refractivity (Wildman–Crippen MR) is 130 cm³/mol. The molecule has 32 heavy (non-hydrogen) atoms. The van der Waals surface area contributed by atoms with Crippen LogP contribution in [0, 0.1) is 0 Å². The van der Waals surface area contributed by atoms with E-state index < -0.39 is 6.04 Å². The van der Waals surface area contributed by atoms with Gasteiger partial charge in [-0.3, -0.25) is 9.59 Å². The van der Waals surface area contributed by atoms with Gasteiger partial charge in [-0.25, -0.2) is 0 Å². The monoisotopic (exact) mass is 488 g/mol. The Balaban J connectivity index is 1.74. The summed E-state index contributed by atoms with van der Waals surface area (Å²) in [6.07, 6.45) is 0.203. The molecule has 1 atom stereocenters. The molecule has 0 saturated carbocycles. The molecule has 0 heterocycles. The van der Waals surface area contributed by atoms with Crippen LogP contribution < -0.4 is 5.32 Å². The zero-order valence-corrected chi connectivity index (χ0v) is 19.8. The summed E-state index contributed by atoms with van der Waals surface area (Å²) >= 11 is 18.1. The summed E-state index contributed by atoms with van der Waals surface area (Å²) in [4.78, 5) is 27.7. The van der Waals surface area contributed by atoms with Crippen LogP contribution in [0.4, 0.5) is 0 Å². The Hall–Kier alpha value is -2.53. The number of amides is 2. The number of carbonyl (C=O) groups excluding carboxylic acids is 2. The van der Waals surface area contributed by atoms with Crippen LogP contribution in [-0.4, -0.2) is 22.8 Å². The molecule has 7 heteroatoms. The largest absolute Gasteiger partial charge is 0.350 e. The number of hydrogen-bond acceptors (Lipinski definition) is 2. The first-order valence-electron chi connectivity index (χ1n) is 10.1. The van der Waals surface area contributed by atoms with Gasteiger partial charge in [0, 0.05) is 28.2 Å². The van der Waals surface area contributed by atoms with Crippen molar-refractivity contribution in [1.29, 1.82) is 0 Å². The Morgan fingerprint density at radius 1 is 0.875 bits per heavy atom. The van der Waals surface area contributed by atoms with E-state index in [1.165, 1.54) is 0 Å². The molecule has 3 rings (SSSR count). The van der Waals surface area contributed by atoms with Crippen molar-refractivity contribution in [1.82, 2.24) is 10.2 Å². The second-order valence-electron chi connectivity index (χ2n) is 7.44. The highest BCUT2D eigenvalue weighted by Crippen LogP contribution is 2.21. The minimum atomic E-state index is -0.687. The maximum absolute atomic E-state index is 13.2. The van der Waals surface area contributed by atoms with Crippen molar-refractivity contribution in [3.63, 3.8) is 0 Å². The van der Waals surface area contributed by atoms with Crippen LogP contribution in [0.2, 0.25) is 15.1 Å². The molecule has 0 aliphatic rings. The summed E-state index contributed by atoms with van der Waals surface area (Å²) in [5.41, 5.74) is 2.52. The Kier molecular flexibility index (Phi) is 8.57. The van der Waals surface area contributed by atoms with E-state index in [2.05, 4.69) is 5.32 Å². The number of rotatable bonds is 8. The molecule has 166 valence electrons. The van der Waals surface area contributed by atoms with E-state index in [1.807, 2.05) is 42.5 Å². The lowest BCUT2D eigenvalue weighted by atomic mass is 10.1. The molecule has 0 radical (unpaired) electrons. The van der Waals surface area contributed by atoms with Gasteiger partial charge in [0.2, 0.25) is 11.8 Å². The van der Waals surface area contributed by atoms with E-state index in [4.69, 9.17) is 34.8 Å². The topological polar surface area (TPSA) is 49.4 Å². The Morgan fingerprint density at radius 2 is 1.53 bits per heavy atom.